The number of rotatable bonds is 6. The molecule has 2 fully saturated rings. The number of fused-ring (bicyclic) bond motifs is 1. The molecule has 5 rings (SSSR count). The minimum absolute atomic E-state index is 0.243. The first-order chi connectivity index (χ1) is 19.7. The van der Waals surface area contributed by atoms with Crippen molar-refractivity contribution in [2.45, 2.75) is 50.9 Å². The van der Waals surface area contributed by atoms with Crippen molar-refractivity contribution in [1.29, 1.82) is 5.26 Å². The van der Waals surface area contributed by atoms with Crippen LogP contribution < -0.4 is 10.2 Å². The number of nitrogens with one attached hydrogen (secondary N) is 1. The highest BCUT2D eigenvalue weighted by molar-refractivity contribution is 6.04. The molecular formula is C31H36N4O6. The summed E-state index contributed by atoms with van der Waals surface area (Å²) in [5, 5.41) is 45.4. The molecule has 2 aliphatic heterocycles. The summed E-state index contributed by atoms with van der Waals surface area (Å²) >= 11 is 0. The zero-order chi connectivity index (χ0) is 29.3. The lowest BCUT2D eigenvalue weighted by Crippen LogP contribution is -2.63. The third kappa shape index (κ3) is 5.86. The van der Waals surface area contributed by atoms with E-state index in [1.807, 2.05) is 18.2 Å². The highest BCUT2D eigenvalue weighted by Crippen LogP contribution is 2.31. The first-order valence-electron chi connectivity index (χ1n) is 13.9. The van der Waals surface area contributed by atoms with E-state index >= 15 is 0 Å². The first-order valence-corrected chi connectivity index (χ1v) is 13.9. The Bertz CT molecular complexity index is 1490. The zero-order valence-corrected chi connectivity index (χ0v) is 23.4. The van der Waals surface area contributed by atoms with Crippen LogP contribution in [0.15, 0.2) is 58.5 Å². The number of anilines is 1. The van der Waals surface area contributed by atoms with E-state index < -0.39 is 36.6 Å². The Morgan fingerprint density at radius 1 is 1.02 bits per heavy atom. The molecule has 1 amide bonds. The molecule has 10 heteroatoms. The molecule has 0 saturated carbocycles. The van der Waals surface area contributed by atoms with Crippen molar-refractivity contribution in [1.82, 2.24) is 10.2 Å². The van der Waals surface area contributed by atoms with Gasteiger partial charge in [-0.1, -0.05) is 25.1 Å². The number of amides is 1. The molecule has 2 unspecified atom stereocenters. The summed E-state index contributed by atoms with van der Waals surface area (Å²) in [5.74, 6) is 0.102. The summed E-state index contributed by atoms with van der Waals surface area (Å²) in [7, 11) is 2.14. The number of likely N-dealkylation sites (N-methyl/N-ethyl adjacent to an activating group) is 1. The van der Waals surface area contributed by atoms with E-state index in [0.29, 0.717) is 23.5 Å². The average Bonchev–Trinajstić information content (AvgIpc) is 3.48. The Kier molecular flexibility index (Phi) is 8.45. The maximum Gasteiger partial charge on any atom is 0.262 e. The number of carbonyl (C=O) groups excluding carboxylic acids is 1. The van der Waals surface area contributed by atoms with Crippen molar-refractivity contribution < 1.29 is 29.3 Å². The van der Waals surface area contributed by atoms with Crippen molar-refractivity contribution in [3.8, 4) is 17.4 Å². The quantitative estimate of drug-likeness (QED) is 0.264. The van der Waals surface area contributed by atoms with E-state index in [0.717, 1.165) is 42.5 Å². The average molecular weight is 561 g/mol. The van der Waals surface area contributed by atoms with Crippen LogP contribution in [-0.4, -0.2) is 90.0 Å². The van der Waals surface area contributed by atoms with Crippen molar-refractivity contribution in [2.75, 3.05) is 38.1 Å². The van der Waals surface area contributed by atoms with Gasteiger partial charge < -0.3 is 39.6 Å². The van der Waals surface area contributed by atoms with Gasteiger partial charge in [-0.2, -0.15) is 5.26 Å². The number of aliphatic hydroxyl groups is 3. The first kappa shape index (κ1) is 28.8. The van der Waals surface area contributed by atoms with Gasteiger partial charge >= 0.3 is 0 Å². The summed E-state index contributed by atoms with van der Waals surface area (Å²) in [5.41, 5.74) is 2.12. The summed E-state index contributed by atoms with van der Waals surface area (Å²) in [6.07, 6.45) is -4.69. The molecule has 0 spiro atoms. The molecular weight excluding hydrogens is 524 g/mol. The number of hydrogen-bond acceptors (Lipinski definition) is 9. The van der Waals surface area contributed by atoms with Gasteiger partial charge in [0.15, 0.2) is 6.29 Å². The largest absolute Gasteiger partial charge is 0.456 e. The fourth-order valence-electron chi connectivity index (χ4n) is 5.43. The van der Waals surface area contributed by atoms with E-state index in [-0.39, 0.29) is 5.57 Å². The molecule has 0 radical (unpaired) electrons. The van der Waals surface area contributed by atoms with Crippen LogP contribution in [0.1, 0.15) is 26.0 Å². The minimum atomic E-state index is -1.54. The predicted octanol–water partition coefficient (Wildman–Crippen LogP) is 2.48. The topological polar surface area (TPSA) is 142 Å². The van der Waals surface area contributed by atoms with Gasteiger partial charge in [0.25, 0.3) is 5.91 Å². The Morgan fingerprint density at radius 2 is 1.73 bits per heavy atom. The molecule has 2 aromatic carbocycles. The van der Waals surface area contributed by atoms with E-state index in [1.165, 1.54) is 5.69 Å². The maximum atomic E-state index is 13.0. The number of ether oxygens (including phenoxy) is 1. The molecule has 2 saturated heterocycles. The fraction of sp³-hybridized carbons (Fsp3) is 0.419. The van der Waals surface area contributed by atoms with Crippen LogP contribution in [0.2, 0.25) is 0 Å². The molecule has 0 bridgehead atoms. The molecule has 2 aliphatic rings. The lowest BCUT2D eigenvalue weighted by Gasteiger charge is -2.40. The van der Waals surface area contributed by atoms with Crippen LogP contribution >= 0.6 is 0 Å². The van der Waals surface area contributed by atoms with Crippen LogP contribution in [0.25, 0.3) is 27.7 Å². The van der Waals surface area contributed by atoms with E-state index in [2.05, 4.69) is 46.4 Å². The predicted molar refractivity (Wildman–Crippen MR) is 155 cm³/mol. The van der Waals surface area contributed by atoms with Crippen molar-refractivity contribution in [2.24, 2.45) is 0 Å². The maximum absolute atomic E-state index is 13.0. The van der Waals surface area contributed by atoms with Crippen LogP contribution in [0.5, 0.6) is 0 Å². The van der Waals surface area contributed by atoms with Crippen LogP contribution in [0, 0.1) is 11.3 Å². The zero-order valence-electron chi connectivity index (χ0n) is 23.4. The number of furan rings is 1. The smallest absolute Gasteiger partial charge is 0.262 e. The van der Waals surface area contributed by atoms with Crippen molar-refractivity contribution >= 4 is 27.9 Å². The lowest BCUT2D eigenvalue weighted by atomic mass is 9.95. The molecule has 216 valence electrons. The number of piperazine rings is 1. The van der Waals surface area contributed by atoms with Crippen LogP contribution in [-0.2, 0) is 9.53 Å². The summed E-state index contributed by atoms with van der Waals surface area (Å²) in [6, 6.07) is 16.6. The van der Waals surface area contributed by atoms with Gasteiger partial charge in [-0.25, -0.2) is 0 Å². The lowest BCUT2D eigenvalue weighted by molar-refractivity contribution is -0.247. The minimum Gasteiger partial charge on any atom is -0.456 e. The standard InChI is InChI=1S/C31H36N4O6/c1-4-24-28(36)29(37)27(31(39)41-24)33-30(38)23(17-32)18(2)25-9-10-26(40-25)21-6-5-20-16-22(8-7-19(20)15-21)35-13-11-34(3)12-14-35/h5-10,15-16,24,27-29,31,36-37,39H,4,11-14H2,1-3H3,(H,33,38)/b23-18+/t24-,27?,28-,29-,31?/m1/s1. The fourth-order valence-corrected chi connectivity index (χ4v) is 5.43. The second-order valence-corrected chi connectivity index (χ2v) is 10.8. The Hall–Kier alpha value is -3.72. The third-order valence-electron chi connectivity index (χ3n) is 8.09. The molecule has 3 aromatic rings. The number of nitrogens with zero attached hydrogens (tertiary/aromatic N) is 3. The summed E-state index contributed by atoms with van der Waals surface area (Å²) in [4.78, 5) is 17.7. The van der Waals surface area contributed by atoms with Gasteiger partial charge in [-0.05, 0) is 61.5 Å². The molecule has 1 aromatic heterocycles. The summed E-state index contributed by atoms with van der Waals surface area (Å²) in [6.45, 7) is 7.42. The Labute approximate surface area is 239 Å². The van der Waals surface area contributed by atoms with Gasteiger partial charge in [0, 0.05) is 43.0 Å². The van der Waals surface area contributed by atoms with Gasteiger partial charge in [-0.3, -0.25) is 4.79 Å². The van der Waals surface area contributed by atoms with Gasteiger partial charge in [-0.15, -0.1) is 0 Å². The van der Waals surface area contributed by atoms with Crippen molar-refractivity contribution in [3.05, 3.63) is 59.9 Å². The number of benzene rings is 2. The molecule has 5 atom stereocenters. The third-order valence-corrected chi connectivity index (χ3v) is 8.09. The summed E-state index contributed by atoms with van der Waals surface area (Å²) < 4.78 is 11.4. The Morgan fingerprint density at radius 3 is 2.44 bits per heavy atom. The molecule has 10 nitrogen and oxygen atoms in total. The molecule has 41 heavy (non-hydrogen) atoms. The van der Waals surface area contributed by atoms with E-state index in [9.17, 15) is 25.4 Å². The highest BCUT2D eigenvalue weighted by Gasteiger charge is 2.44. The van der Waals surface area contributed by atoms with Gasteiger partial charge in [0.2, 0.25) is 0 Å². The van der Waals surface area contributed by atoms with Crippen molar-refractivity contribution in [3.63, 3.8) is 0 Å². The number of hydrogen-bond donors (Lipinski definition) is 4. The highest BCUT2D eigenvalue weighted by atomic mass is 16.6. The molecule has 3 heterocycles. The monoisotopic (exact) mass is 560 g/mol. The van der Waals surface area contributed by atoms with Gasteiger partial charge in [0.05, 0.1) is 6.10 Å². The van der Waals surface area contributed by atoms with Crippen LogP contribution in [0.3, 0.4) is 0 Å². The number of carbonyl (C=O) groups is 1. The second kappa shape index (κ2) is 12.0. The molecule has 4 N–H and O–H groups in total. The molecule has 0 aliphatic carbocycles. The SMILES string of the molecule is CC[C@H]1OC(O)C(NC(=O)/C(C#N)=C(\C)c2ccc(-c3ccc4cc(N5CCN(C)CC5)ccc4c3)o2)[C@@H](O)[C@@H]1O. The number of aliphatic hydroxyl groups excluding tert-OH is 3. The normalized spacial score (nSPS) is 26.0. The van der Waals surface area contributed by atoms with Gasteiger partial charge in [0.1, 0.15) is 41.4 Å². The second-order valence-electron chi connectivity index (χ2n) is 10.8. The number of allylic oxidation sites excluding steroid dienone is 1. The van der Waals surface area contributed by atoms with Crippen LogP contribution in [0.4, 0.5) is 5.69 Å². The van der Waals surface area contributed by atoms with E-state index in [4.69, 9.17) is 9.15 Å². The van der Waals surface area contributed by atoms with E-state index in [1.54, 1.807) is 26.0 Å². The number of nitriles is 1. The Balaban J connectivity index is 1.33.